The first-order valence-corrected chi connectivity index (χ1v) is 6.53. The average molecular weight is 331 g/mol. The first-order chi connectivity index (χ1) is 8.95. The molecule has 1 aromatic carbocycles. The number of hydrogen-bond acceptors (Lipinski definition) is 3. The van der Waals surface area contributed by atoms with Crippen molar-refractivity contribution in [3.8, 4) is 11.4 Å². The van der Waals surface area contributed by atoms with Crippen molar-refractivity contribution in [3.05, 3.63) is 34.1 Å². The van der Waals surface area contributed by atoms with Crippen LogP contribution in [0.5, 0.6) is 0 Å². The van der Waals surface area contributed by atoms with Crippen LogP contribution in [0.25, 0.3) is 11.4 Å². The third-order valence-electron chi connectivity index (χ3n) is 2.70. The van der Waals surface area contributed by atoms with Gasteiger partial charge in [-0.25, -0.2) is 8.78 Å². The number of halogens is 3. The molecule has 0 aliphatic rings. The van der Waals surface area contributed by atoms with Crippen molar-refractivity contribution in [1.29, 1.82) is 0 Å². The van der Waals surface area contributed by atoms with Gasteiger partial charge in [-0.1, -0.05) is 15.9 Å². The minimum absolute atomic E-state index is 0.0500. The Morgan fingerprint density at radius 1 is 1.26 bits per heavy atom. The molecule has 0 atom stereocenters. The predicted molar refractivity (Wildman–Crippen MR) is 71.4 cm³/mol. The lowest BCUT2D eigenvalue weighted by molar-refractivity contribution is 0.556. The van der Waals surface area contributed by atoms with Crippen LogP contribution < -0.4 is 5.73 Å². The van der Waals surface area contributed by atoms with Gasteiger partial charge in [0.1, 0.15) is 17.5 Å². The van der Waals surface area contributed by atoms with Gasteiger partial charge in [0.25, 0.3) is 0 Å². The maximum absolute atomic E-state index is 14.0. The SMILES string of the molecule is CC(C)n1c(CN)nnc1-c1c(F)cc(Br)cc1F. The van der Waals surface area contributed by atoms with Crippen molar-refractivity contribution in [2.45, 2.75) is 26.4 Å². The fourth-order valence-corrected chi connectivity index (χ4v) is 2.33. The van der Waals surface area contributed by atoms with Gasteiger partial charge in [0.05, 0.1) is 12.1 Å². The molecule has 0 saturated carbocycles. The highest BCUT2D eigenvalue weighted by molar-refractivity contribution is 9.10. The lowest BCUT2D eigenvalue weighted by Gasteiger charge is -2.14. The quantitative estimate of drug-likeness (QED) is 0.941. The monoisotopic (exact) mass is 330 g/mol. The van der Waals surface area contributed by atoms with E-state index in [1.807, 2.05) is 13.8 Å². The second kappa shape index (κ2) is 5.34. The van der Waals surface area contributed by atoms with Gasteiger partial charge in [-0.15, -0.1) is 10.2 Å². The lowest BCUT2D eigenvalue weighted by Crippen LogP contribution is -2.12. The first-order valence-electron chi connectivity index (χ1n) is 5.74. The maximum Gasteiger partial charge on any atom is 0.170 e. The van der Waals surface area contributed by atoms with E-state index in [1.54, 1.807) is 4.57 Å². The zero-order valence-corrected chi connectivity index (χ0v) is 12.1. The van der Waals surface area contributed by atoms with E-state index in [0.717, 1.165) is 0 Å². The molecule has 7 heteroatoms. The summed E-state index contributed by atoms with van der Waals surface area (Å²) in [6, 6.07) is 2.34. The molecule has 2 aromatic rings. The lowest BCUT2D eigenvalue weighted by atomic mass is 10.1. The third-order valence-corrected chi connectivity index (χ3v) is 3.15. The zero-order chi connectivity index (χ0) is 14.2. The summed E-state index contributed by atoms with van der Waals surface area (Å²) in [5.41, 5.74) is 5.37. The second-order valence-corrected chi connectivity index (χ2v) is 5.27. The van der Waals surface area contributed by atoms with Crippen LogP contribution in [0.15, 0.2) is 16.6 Å². The van der Waals surface area contributed by atoms with Gasteiger partial charge in [-0.2, -0.15) is 0 Å². The Morgan fingerprint density at radius 3 is 2.32 bits per heavy atom. The van der Waals surface area contributed by atoms with Crippen LogP contribution >= 0.6 is 15.9 Å². The smallest absolute Gasteiger partial charge is 0.170 e. The summed E-state index contributed by atoms with van der Waals surface area (Å²) >= 11 is 3.04. The van der Waals surface area contributed by atoms with Crippen molar-refractivity contribution in [1.82, 2.24) is 14.8 Å². The van der Waals surface area contributed by atoms with Crippen molar-refractivity contribution >= 4 is 15.9 Å². The topological polar surface area (TPSA) is 56.7 Å². The van der Waals surface area contributed by atoms with Gasteiger partial charge < -0.3 is 10.3 Å². The van der Waals surface area contributed by atoms with E-state index >= 15 is 0 Å². The standard InChI is InChI=1S/C12H13BrF2N4/c1-6(2)19-10(5-16)17-18-12(19)11-8(14)3-7(13)4-9(11)15/h3-4,6H,5,16H2,1-2H3. The summed E-state index contributed by atoms with van der Waals surface area (Å²) < 4.78 is 29.9. The molecule has 102 valence electrons. The summed E-state index contributed by atoms with van der Waals surface area (Å²) in [6.07, 6.45) is 0. The largest absolute Gasteiger partial charge is 0.324 e. The molecule has 0 aliphatic carbocycles. The van der Waals surface area contributed by atoms with E-state index in [9.17, 15) is 8.78 Å². The van der Waals surface area contributed by atoms with Crippen LogP contribution in [-0.2, 0) is 6.54 Å². The summed E-state index contributed by atoms with van der Waals surface area (Å²) in [4.78, 5) is 0. The highest BCUT2D eigenvalue weighted by Crippen LogP contribution is 2.29. The van der Waals surface area contributed by atoms with Gasteiger partial charge in [0.15, 0.2) is 5.82 Å². The first kappa shape index (κ1) is 14.1. The van der Waals surface area contributed by atoms with Gasteiger partial charge in [-0.3, -0.25) is 0 Å². The van der Waals surface area contributed by atoms with Crippen molar-refractivity contribution in [2.24, 2.45) is 5.73 Å². The molecular weight excluding hydrogens is 318 g/mol. The molecule has 2 N–H and O–H groups in total. The highest BCUT2D eigenvalue weighted by atomic mass is 79.9. The Labute approximate surface area is 117 Å². The maximum atomic E-state index is 14.0. The molecular formula is C12H13BrF2N4. The van der Waals surface area contributed by atoms with E-state index < -0.39 is 11.6 Å². The van der Waals surface area contributed by atoms with Crippen molar-refractivity contribution in [3.63, 3.8) is 0 Å². The molecule has 19 heavy (non-hydrogen) atoms. The van der Waals surface area contributed by atoms with Gasteiger partial charge in [0, 0.05) is 10.5 Å². The molecule has 0 bridgehead atoms. The third kappa shape index (κ3) is 2.52. The molecule has 2 rings (SSSR count). The number of nitrogens with two attached hydrogens (primary N) is 1. The number of aromatic nitrogens is 3. The fourth-order valence-electron chi connectivity index (χ4n) is 1.93. The van der Waals surface area contributed by atoms with Gasteiger partial charge in [0.2, 0.25) is 0 Å². The number of rotatable bonds is 3. The number of benzene rings is 1. The van der Waals surface area contributed by atoms with Crippen LogP contribution in [0.3, 0.4) is 0 Å². The molecule has 0 fully saturated rings. The zero-order valence-electron chi connectivity index (χ0n) is 10.5. The molecule has 0 spiro atoms. The average Bonchev–Trinajstić information content (AvgIpc) is 2.71. The highest BCUT2D eigenvalue weighted by Gasteiger charge is 2.22. The van der Waals surface area contributed by atoms with Crippen LogP contribution in [0.1, 0.15) is 25.7 Å². The Balaban J connectivity index is 2.69. The van der Waals surface area contributed by atoms with Gasteiger partial charge in [-0.05, 0) is 26.0 Å². The molecule has 0 saturated heterocycles. The molecule has 1 aromatic heterocycles. The van der Waals surface area contributed by atoms with Crippen molar-refractivity contribution < 1.29 is 8.78 Å². The number of nitrogens with zero attached hydrogens (tertiary/aromatic N) is 3. The minimum atomic E-state index is -0.690. The molecule has 1 heterocycles. The summed E-state index contributed by atoms with van der Waals surface area (Å²) in [5.74, 6) is -0.737. The Kier molecular flexibility index (Phi) is 3.96. The van der Waals surface area contributed by atoms with E-state index in [1.165, 1.54) is 12.1 Å². The van der Waals surface area contributed by atoms with Crippen LogP contribution in [0.4, 0.5) is 8.78 Å². The molecule has 0 aliphatic heterocycles. The van der Waals surface area contributed by atoms with E-state index in [-0.39, 0.29) is 24.0 Å². The predicted octanol–water partition coefficient (Wildman–Crippen LogP) is 3.03. The van der Waals surface area contributed by atoms with Crippen molar-refractivity contribution in [2.75, 3.05) is 0 Å². The van der Waals surface area contributed by atoms with E-state index in [0.29, 0.717) is 10.3 Å². The van der Waals surface area contributed by atoms with Gasteiger partial charge >= 0.3 is 0 Å². The molecule has 0 radical (unpaired) electrons. The Hall–Kier alpha value is -1.34. The Bertz CT molecular complexity index is 587. The molecule has 0 unspecified atom stereocenters. The normalized spacial score (nSPS) is 11.3. The fraction of sp³-hybridized carbons (Fsp3) is 0.333. The molecule has 4 nitrogen and oxygen atoms in total. The Morgan fingerprint density at radius 2 is 1.84 bits per heavy atom. The summed E-state index contributed by atoms with van der Waals surface area (Å²) in [6.45, 7) is 3.91. The summed E-state index contributed by atoms with van der Waals surface area (Å²) in [5, 5.41) is 7.75. The molecule has 0 amide bonds. The van der Waals surface area contributed by atoms with Crippen LogP contribution in [-0.4, -0.2) is 14.8 Å². The van der Waals surface area contributed by atoms with E-state index in [2.05, 4.69) is 26.1 Å². The second-order valence-electron chi connectivity index (χ2n) is 4.35. The number of hydrogen-bond donors (Lipinski definition) is 1. The summed E-state index contributed by atoms with van der Waals surface area (Å²) in [7, 11) is 0. The van der Waals surface area contributed by atoms with Crippen LogP contribution in [0, 0.1) is 11.6 Å². The van der Waals surface area contributed by atoms with Crippen LogP contribution in [0.2, 0.25) is 0 Å². The van der Waals surface area contributed by atoms with E-state index in [4.69, 9.17) is 5.73 Å². The minimum Gasteiger partial charge on any atom is -0.324 e.